The molecule has 1 aromatic heterocycles. The van der Waals surface area contributed by atoms with Gasteiger partial charge in [-0.25, -0.2) is 4.79 Å². The van der Waals surface area contributed by atoms with E-state index in [1.165, 1.54) is 4.90 Å². The number of anilines is 2. The van der Waals surface area contributed by atoms with Gasteiger partial charge in [0.2, 0.25) is 5.91 Å². The molecular weight excluding hydrogens is 246 g/mol. The number of hydrogen-bond acceptors (Lipinski definition) is 4. The van der Waals surface area contributed by atoms with E-state index in [1.54, 1.807) is 4.68 Å². The van der Waals surface area contributed by atoms with Gasteiger partial charge in [-0.2, -0.15) is 5.10 Å². The average Bonchev–Trinajstić information content (AvgIpc) is 2.65. The molecule has 1 aliphatic rings. The van der Waals surface area contributed by atoms with Gasteiger partial charge in [0.25, 0.3) is 0 Å². The Balaban J connectivity index is 2.04. The van der Waals surface area contributed by atoms with Crippen molar-refractivity contribution < 1.29 is 9.59 Å². The summed E-state index contributed by atoms with van der Waals surface area (Å²) >= 11 is 0. The molecule has 7 nitrogen and oxygen atoms in total. The molecule has 7 heteroatoms. The minimum atomic E-state index is -0.405. The predicted molar refractivity (Wildman–Crippen MR) is 70.6 cm³/mol. The third-order valence-electron chi connectivity index (χ3n) is 3.23. The number of imide groups is 1. The Morgan fingerprint density at radius 2 is 2.16 bits per heavy atom. The van der Waals surface area contributed by atoms with E-state index in [9.17, 15) is 9.59 Å². The maximum atomic E-state index is 11.8. The Labute approximate surface area is 109 Å². The first-order valence-corrected chi connectivity index (χ1v) is 5.90. The summed E-state index contributed by atoms with van der Waals surface area (Å²) in [4.78, 5) is 24.4. The molecule has 2 heterocycles. The Kier molecular flexibility index (Phi) is 2.41. The van der Waals surface area contributed by atoms with E-state index >= 15 is 0 Å². The topological polar surface area (TPSA) is 93.2 Å². The number of fused-ring (bicyclic) bond motifs is 1. The lowest BCUT2D eigenvalue weighted by molar-refractivity contribution is -0.120. The molecule has 0 aliphatic carbocycles. The molecule has 0 bridgehead atoms. The van der Waals surface area contributed by atoms with Gasteiger partial charge < -0.3 is 5.73 Å². The van der Waals surface area contributed by atoms with E-state index in [0.29, 0.717) is 24.5 Å². The predicted octanol–water partition coefficient (Wildman–Crippen LogP) is 0.602. The van der Waals surface area contributed by atoms with Crippen LogP contribution < -0.4 is 16.0 Å². The highest BCUT2D eigenvalue weighted by molar-refractivity contribution is 6.06. The Hall–Kier alpha value is -2.57. The number of benzene rings is 1. The van der Waals surface area contributed by atoms with Gasteiger partial charge in [-0.05, 0) is 18.2 Å². The van der Waals surface area contributed by atoms with Gasteiger partial charge in [-0.3, -0.25) is 19.7 Å². The molecule has 3 rings (SSSR count). The number of nitrogen functional groups attached to an aromatic ring is 1. The highest BCUT2D eigenvalue weighted by Gasteiger charge is 2.24. The number of carbonyl (C=O) groups is 2. The number of nitrogens with two attached hydrogens (primary N) is 1. The zero-order chi connectivity index (χ0) is 13.6. The number of urea groups is 1. The number of hydrogen-bond donors (Lipinski definition) is 2. The quantitative estimate of drug-likeness (QED) is 0.784. The van der Waals surface area contributed by atoms with Gasteiger partial charge >= 0.3 is 6.03 Å². The van der Waals surface area contributed by atoms with Crippen molar-refractivity contribution in [3.05, 3.63) is 18.2 Å². The van der Waals surface area contributed by atoms with E-state index in [1.807, 2.05) is 25.2 Å². The first kappa shape index (κ1) is 11.5. The largest absolute Gasteiger partial charge is 0.382 e. The zero-order valence-corrected chi connectivity index (χ0v) is 10.4. The maximum Gasteiger partial charge on any atom is 0.328 e. The molecule has 1 fully saturated rings. The molecule has 0 spiro atoms. The summed E-state index contributed by atoms with van der Waals surface area (Å²) in [7, 11) is 1.81. The second-order valence-electron chi connectivity index (χ2n) is 4.47. The standard InChI is InChI=1S/C12H13N5O2/c1-16-9-3-2-7(6-8(9)11(13)15-16)17-5-4-10(18)14-12(17)19/h2-3,6H,4-5H2,1H3,(H2,13,15)(H,14,18,19). The number of aryl methyl sites for hydroxylation is 1. The van der Waals surface area contributed by atoms with E-state index in [4.69, 9.17) is 5.73 Å². The van der Waals surface area contributed by atoms with Crippen molar-refractivity contribution in [1.82, 2.24) is 15.1 Å². The Bertz CT molecular complexity index is 691. The van der Waals surface area contributed by atoms with Crippen molar-refractivity contribution in [3.63, 3.8) is 0 Å². The highest BCUT2D eigenvalue weighted by atomic mass is 16.2. The zero-order valence-electron chi connectivity index (χ0n) is 10.4. The SMILES string of the molecule is Cn1nc(N)c2cc(N3CCC(=O)NC3=O)ccc21. The van der Waals surface area contributed by atoms with E-state index in [2.05, 4.69) is 10.4 Å². The van der Waals surface area contributed by atoms with Crippen molar-refractivity contribution in [2.75, 3.05) is 17.2 Å². The number of nitrogens with zero attached hydrogens (tertiary/aromatic N) is 3. The number of nitrogens with one attached hydrogen (secondary N) is 1. The summed E-state index contributed by atoms with van der Waals surface area (Å²) in [5.74, 6) is 0.177. The molecule has 3 amide bonds. The molecular formula is C12H13N5O2. The number of carbonyl (C=O) groups excluding carboxylic acids is 2. The fourth-order valence-electron chi connectivity index (χ4n) is 2.26. The summed E-state index contributed by atoms with van der Waals surface area (Å²) in [5, 5.41) is 7.22. The molecule has 2 aromatic rings. The van der Waals surface area contributed by atoms with Crippen LogP contribution in [0.15, 0.2) is 18.2 Å². The first-order chi connectivity index (χ1) is 9.06. The second kappa shape index (κ2) is 3.98. The lowest BCUT2D eigenvalue weighted by atomic mass is 10.2. The monoisotopic (exact) mass is 259 g/mol. The third-order valence-corrected chi connectivity index (χ3v) is 3.23. The molecule has 19 heavy (non-hydrogen) atoms. The number of aromatic nitrogens is 2. The van der Waals surface area contributed by atoms with E-state index < -0.39 is 6.03 Å². The highest BCUT2D eigenvalue weighted by Crippen LogP contribution is 2.26. The van der Waals surface area contributed by atoms with Crippen LogP contribution in [-0.4, -0.2) is 28.3 Å². The number of rotatable bonds is 1. The van der Waals surface area contributed by atoms with Gasteiger partial charge in [0.15, 0.2) is 5.82 Å². The van der Waals surface area contributed by atoms with Crippen LogP contribution in [0.4, 0.5) is 16.3 Å². The average molecular weight is 259 g/mol. The summed E-state index contributed by atoms with van der Waals surface area (Å²) in [5.41, 5.74) is 7.43. The molecule has 98 valence electrons. The van der Waals surface area contributed by atoms with E-state index in [0.717, 1.165) is 10.9 Å². The van der Waals surface area contributed by atoms with Gasteiger partial charge in [-0.1, -0.05) is 0 Å². The lowest BCUT2D eigenvalue weighted by Gasteiger charge is -2.26. The fourth-order valence-corrected chi connectivity index (χ4v) is 2.26. The van der Waals surface area contributed by atoms with Crippen LogP contribution in [-0.2, 0) is 11.8 Å². The molecule has 0 radical (unpaired) electrons. The molecule has 1 aromatic carbocycles. The van der Waals surface area contributed by atoms with Crippen LogP contribution in [0.1, 0.15) is 6.42 Å². The second-order valence-corrected chi connectivity index (χ2v) is 4.47. The summed E-state index contributed by atoms with van der Waals surface area (Å²) in [6.07, 6.45) is 0.298. The van der Waals surface area contributed by atoms with Crippen molar-refractivity contribution in [2.45, 2.75) is 6.42 Å². The first-order valence-electron chi connectivity index (χ1n) is 5.90. The summed E-state index contributed by atoms with van der Waals surface area (Å²) in [6, 6.07) is 5.09. The van der Waals surface area contributed by atoms with Crippen molar-refractivity contribution in [1.29, 1.82) is 0 Å². The van der Waals surface area contributed by atoms with E-state index in [-0.39, 0.29) is 5.91 Å². The maximum absolute atomic E-state index is 11.8. The lowest BCUT2D eigenvalue weighted by Crippen LogP contribution is -2.49. The summed E-state index contributed by atoms with van der Waals surface area (Å²) in [6.45, 7) is 0.371. The minimum absolute atomic E-state index is 0.247. The molecule has 1 aliphatic heterocycles. The number of amides is 3. The van der Waals surface area contributed by atoms with Gasteiger partial charge in [0, 0.05) is 31.1 Å². The molecule has 3 N–H and O–H groups in total. The summed E-state index contributed by atoms with van der Waals surface area (Å²) < 4.78 is 1.69. The molecule has 0 unspecified atom stereocenters. The normalized spacial score (nSPS) is 15.9. The van der Waals surface area contributed by atoms with Crippen molar-refractivity contribution in [3.8, 4) is 0 Å². The van der Waals surface area contributed by atoms with Crippen molar-refractivity contribution in [2.24, 2.45) is 7.05 Å². The van der Waals surface area contributed by atoms with Crippen LogP contribution in [0.2, 0.25) is 0 Å². The van der Waals surface area contributed by atoms with Crippen LogP contribution in [0.5, 0.6) is 0 Å². The van der Waals surface area contributed by atoms with Gasteiger partial charge in [0.05, 0.1) is 5.52 Å². The van der Waals surface area contributed by atoms with Crippen LogP contribution >= 0.6 is 0 Å². The van der Waals surface area contributed by atoms with Crippen LogP contribution in [0.25, 0.3) is 10.9 Å². The molecule has 0 atom stereocenters. The van der Waals surface area contributed by atoms with Gasteiger partial charge in [-0.15, -0.1) is 0 Å². The smallest absolute Gasteiger partial charge is 0.328 e. The van der Waals surface area contributed by atoms with Crippen molar-refractivity contribution >= 4 is 34.3 Å². The minimum Gasteiger partial charge on any atom is -0.382 e. The van der Waals surface area contributed by atoms with Gasteiger partial charge in [0.1, 0.15) is 0 Å². The Morgan fingerprint density at radius 1 is 1.37 bits per heavy atom. The van der Waals surface area contributed by atoms with Crippen LogP contribution in [0, 0.1) is 0 Å². The fraction of sp³-hybridized carbons (Fsp3) is 0.250. The molecule has 1 saturated heterocycles. The van der Waals surface area contributed by atoms with Crippen LogP contribution in [0.3, 0.4) is 0 Å². The third kappa shape index (κ3) is 1.79. The Morgan fingerprint density at radius 3 is 2.89 bits per heavy atom. The molecule has 0 saturated carbocycles.